The molecule has 0 radical (unpaired) electrons. The van der Waals surface area contributed by atoms with Crippen molar-refractivity contribution in [3.8, 4) is 5.75 Å². The van der Waals surface area contributed by atoms with Crippen LogP contribution in [0.4, 0.5) is 0 Å². The highest BCUT2D eigenvalue weighted by atomic mass is 16.5. The van der Waals surface area contributed by atoms with E-state index in [-0.39, 0.29) is 18.1 Å². The highest BCUT2D eigenvalue weighted by Gasteiger charge is 2.27. The summed E-state index contributed by atoms with van der Waals surface area (Å²) in [6, 6.07) is 5.65. The summed E-state index contributed by atoms with van der Waals surface area (Å²) in [7, 11) is 1.64. The molecule has 1 aromatic carbocycles. The molecule has 0 bridgehead atoms. The van der Waals surface area contributed by atoms with E-state index in [2.05, 4.69) is 0 Å². The monoisotopic (exact) mass is 223 g/mol. The third-order valence-electron chi connectivity index (χ3n) is 3.06. The lowest BCUT2D eigenvalue weighted by Gasteiger charge is -2.30. The molecule has 0 saturated carbocycles. The van der Waals surface area contributed by atoms with Crippen LogP contribution in [-0.2, 0) is 0 Å². The molecular weight excluding hydrogens is 202 g/mol. The van der Waals surface area contributed by atoms with Crippen molar-refractivity contribution in [2.24, 2.45) is 11.1 Å². The molecule has 90 valence electrons. The van der Waals surface area contributed by atoms with Crippen molar-refractivity contribution >= 4 is 0 Å². The van der Waals surface area contributed by atoms with Gasteiger partial charge in [0.15, 0.2) is 0 Å². The second kappa shape index (κ2) is 4.85. The number of hydrogen-bond donors (Lipinski definition) is 2. The van der Waals surface area contributed by atoms with Gasteiger partial charge in [-0.25, -0.2) is 0 Å². The van der Waals surface area contributed by atoms with Gasteiger partial charge in [-0.15, -0.1) is 0 Å². The molecule has 3 heteroatoms. The summed E-state index contributed by atoms with van der Waals surface area (Å²) in [5, 5.41) is 9.31. The minimum absolute atomic E-state index is 0.0691. The Kier molecular flexibility index (Phi) is 3.94. The molecule has 0 aromatic heterocycles. The Morgan fingerprint density at radius 2 is 2.06 bits per heavy atom. The Morgan fingerprint density at radius 3 is 2.50 bits per heavy atom. The minimum atomic E-state index is -0.320. The summed E-state index contributed by atoms with van der Waals surface area (Å²) >= 11 is 0. The van der Waals surface area contributed by atoms with Crippen LogP contribution in [0.5, 0.6) is 5.75 Å². The van der Waals surface area contributed by atoms with Gasteiger partial charge in [0.1, 0.15) is 5.75 Å². The Morgan fingerprint density at radius 1 is 1.44 bits per heavy atom. The summed E-state index contributed by atoms with van der Waals surface area (Å²) in [4.78, 5) is 0. The quantitative estimate of drug-likeness (QED) is 0.821. The van der Waals surface area contributed by atoms with Crippen molar-refractivity contribution < 1.29 is 9.84 Å². The number of methoxy groups -OCH3 is 1. The number of ether oxygens (including phenoxy) is 1. The number of hydrogen-bond acceptors (Lipinski definition) is 3. The highest BCUT2D eigenvalue weighted by molar-refractivity contribution is 5.37. The van der Waals surface area contributed by atoms with E-state index in [1.165, 1.54) is 0 Å². The van der Waals surface area contributed by atoms with Gasteiger partial charge in [0, 0.05) is 18.1 Å². The number of nitrogens with two attached hydrogens (primary N) is 1. The Bertz CT molecular complexity index is 361. The average molecular weight is 223 g/mol. The van der Waals surface area contributed by atoms with E-state index in [4.69, 9.17) is 10.5 Å². The molecule has 0 spiro atoms. The first-order chi connectivity index (χ1) is 7.42. The van der Waals surface area contributed by atoms with Crippen LogP contribution in [0.15, 0.2) is 18.2 Å². The van der Waals surface area contributed by atoms with Crippen LogP contribution in [-0.4, -0.2) is 18.8 Å². The van der Waals surface area contributed by atoms with E-state index in [9.17, 15) is 5.11 Å². The predicted molar refractivity (Wildman–Crippen MR) is 65.5 cm³/mol. The molecule has 0 fully saturated rings. The van der Waals surface area contributed by atoms with E-state index in [1.807, 2.05) is 39.0 Å². The molecule has 0 aliphatic carbocycles. The normalized spacial score (nSPS) is 13.6. The van der Waals surface area contributed by atoms with Crippen LogP contribution in [0.1, 0.15) is 31.0 Å². The first-order valence-corrected chi connectivity index (χ1v) is 5.43. The predicted octanol–water partition coefficient (Wildman–Crippen LogP) is 2.02. The maximum Gasteiger partial charge on any atom is 0.119 e. The zero-order valence-corrected chi connectivity index (χ0v) is 10.4. The summed E-state index contributed by atoms with van der Waals surface area (Å²) in [5.74, 6) is 0.829. The lowest BCUT2D eigenvalue weighted by atomic mass is 9.80. The van der Waals surface area contributed by atoms with Crippen LogP contribution in [0.3, 0.4) is 0 Å². The van der Waals surface area contributed by atoms with Crippen LogP contribution >= 0.6 is 0 Å². The minimum Gasteiger partial charge on any atom is -0.497 e. The smallest absolute Gasteiger partial charge is 0.119 e. The van der Waals surface area contributed by atoms with Gasteiger partial charge in [-0.05, 0) is 30.2 Å². The maximum atomic E-state index is 9.31. The van der Waals surface area contributed by atoms with Crippen molar-refractivity contribution in [1.82, 2.24) is 0 Å². The first-order valence-electron chi connectivity index (χ1n) is 5.43. The van der Waals surface area contributed by atoms with Crippen molar-refractivity contribution in [1.29, 1.82) is 0 Å². The molecule has 0 aliphatic heterocycles. The highest BCUT2D eigenvalue weighted by Crippen LogP contribution is 2.33. The van der Waals surface area contributed by atoms with Gasteiger partial charge in [-0.1, -0.05) is 19.9 Å². The van der Waals surface area contributed by atoms with E-state index >= 15 is 0 Å². The Hall–Kier alpha value is -1.06. The molecule has 0 heterocycles. The average Bonchev–Trinajstić information content (AvgIpc) is 2.28. The van der Waals surface area contributed by atoms with Gasteiger partial charge in [0.05, 0.1) is 7.11 Å². The fraction of sp³-hybridized carbons (Fsp3) is 0.538. The Balaban J connectivity index is 3.05. The molecule has 0 amide bonds. The number of aliphatic hydroxyl groups is 1. The second-order valence-corrected chi connectivity index (χ2v) is 4.85. The van der Waals surface area contributed by atoms with Crippen LogP contribution in [0.25, 0.3) is 0 Å². The largest absolute Gasteiger partial charge is 0.497 e. The standard InChI is InChI=1S/C13H21NO2/c1-9-7-10(16-4)5-6-11(9)12(14)13(2,3)8-15/h5-7,12,15H,8,14H2,1-4H3/t12-/m1/s1. The molecule has 1 rings (SSSR count). The second-order valence-electron chi connectivity index (χ2n) is 4.85. The third-order valence-corrected chi connectivity index (χ3v) is 3.06. The zero-order chi connectivity index (χ0) is 12.3. The molecule has 0 aliphatic rings. The number of rotatable bonds is 4. The van der Waals surface area contributed by atoms with E-state index in [0.717, 1.165) is 16.9 Å². The molecule has 3 N–H and O–H groups in total. The third kappa shape index (κ3) is 2.54. The topological polar surface area (TPSA) is 55.5 Å². The number of benzene rings is 1. The van der Waals surface area contributed by atoms with Crippen molar-refractivity contribution in [2.75, 3.05) is 13.7 Å². The lowest BCUT2D eigenvalue weighted by molar-refractivity contribution is 0.132. The summed E-state index contributed by atoms with van der Waals surface area (Å²) in [5.41, 5.74) is 8.00. The Labute approximate surface area is 97.2 Å². The van der Waals surface area contributed by atoms with Crippen molar-refractivity contribution in [3.63, 3.8) is 0 Å². The van der Waals surface area contributed by atoms with E-state index < -0.39 is 0 Å². The van der Waals surface area contributed by atoms with Gasteiger partial charge >= 0.3 is 0 Å². The molecule has 16 heavy (non-hydrogen) atoms. The van der Waals surface area contributed by atoms with Crippen LogP contribution < -0.4 is 10.5 Å². The van der Waals surface area contributed by atoms with E-state index in [1.54, 1.807) is 7.11 Å². The van der Waals surface area contributed by atoms with Gasteiger partial charge < -0.3 is 15.6 Å². The fourth-order valence-electron chi connectivity index (χ4n) is 1.64. The number of aryl methyl sites for hydroxylation is 1. The zero-order valence-electron chi connectivity index (χ0n) is 10.4. The SMILES string of the molecule is COc1ccc([C@@H](N)C(C)(C)CO)c(C)c1. The van der Waals surface area contributed by atoms with Crippen molar-refractivity contribution in [2.45, 2.75) is 26.8 Å². The van der Waals surface area contributed by atoms with Gasteiger partial charge in [-0.3, -0.25) is 0 Å². The molecule has 1 aromatic rings. The molecular formula is C13H21NO2. The first kappa shape index (κ1) is 13.0. The lowest BCUT2D eigenvalue weighted by Crippen LogP contribution is -2.32. The maximum absolute atomic E-state index is 9.31. The molecule has 0 saturated heterocycles. The summed E-state index contributed by atoms with van der Waals surface area (Å²) < 4.78 is 5.15. The number of aliphatic hydroxyl groups excluding tert-OH is 1. The van der Waals surface area contributed by atoms with E-state index in [0.29, 0.717) is 0 Å². The molecule has 0 unspecified atom stereocenters. The van der Waals surface area contributed by atoms with Crippen LogP contribution in [0, 0.1) is 12.3 Å². The summed E-state index contributed by atoms with van der Waals surface area (Å²) in [6.07, 6.45) is 0. The van der Waals surface area contributed by atoms with Crippen LogP contribution in [0.2, 0.25) is 0 Å². The summed E-state index contributed by atoms with van der Waals surface area (Å²) in [6.45, 7) is 5.99. The molecule has 3 nitrogen and oxygen atoms in total. The van der Waals surface area contributed by atoms with Gasteiger partial charge in [0.2, 0.25) is 0 Å². The van der Waals surface area contributed by atoms with Crippen molar-refractivity contribution in [3.05, 3.63) is 29.3 Å². The molecule has 1 atom stereocenters. The van der Waals surface area contributed by atoms with Gasteiger partial charge in [-0.2, -0.15) is 0 Å². The van der Waals surface area contributed by atoms with Gasteiger partial charge in [0.25, 0.3) is 0 Å². The fourth-order valence-corrected chi connectivity index (χ4v) is 1.64.